The van der Waals surface area contributed by atoms with Gasteiger partial charge in [-0.25, -0.2) is 8.78 Å². The Morgan fingerprint density at radius 1 is 0.867 bits per heavy atom. The lowest BCUT2D eigenvalue weighted by Gasteiger charge is -2.42. The van der Waals surface area contributed by atoms with Crippen molar-refractivity contribution >= 4 is 11.6 Å². The van der Waals surface area contributed by atoms with Gasteiger partial charge in [0.15, 0.2) is 0 Å². The van der Waals surface area contributed by atoms with Gasteiger partial charge >= 0.3 is 0 Å². The summed E-state index contributed by atoms with van der Waals surface area (Å²) in [6.07, 6.45) is 13.3. The van der Waals surface area contributed by atoms with Crippen molar-refractivity contribution in [2.24, 2.45) is 17.8 Å². The minimum atomic E-state index is -0.513. The standard InChI is InChI=1S/C27H33ClF2/c1-2-3-4-5-18-6-7-20-15-21(9-8-19(20)14-18)22-10-12-24(26(29)16-22)23-11-13-25(28)27(30)17-23/h10-13,16-21H,2-9,14-15H2,1H3. The number of rotatable bonds is 6. The predicted molar refractivity (Wildman–Crippen MR) is 122 cm³/mol. The predicted octanol–water partition coefficient (Wildman–Crippen LogP) is 9.17. The first-order valence-electron chi connectivity index (χ1n) is 11.8. The van der Waals surface area contributed by atoms with E-state index >= 15 is 0 Å². The van der Waals surface area contributed by atoms with Crippen molar-refractivity contribution in [3.8, 4) is 11.1 Å². The van der Waals surface area contributed by atoms with E-state index in [1.54, 1.807) is 12.1 Å². The number of hydrogen-bond acceptors (Lipinski definition) is 0. The maximum Gasteiger partial charge on any atom is 0.142 e. The van der Waals surface area contributed by atoms with E-state index in [1.165, 1.54) is 69.9 Å². The number of benzene rings is 2. The lowest BCUT2D eigenvalue weighted by molar-refractivity contribution is 0.113. The summed E-state index contributed by atoms with van der Waals surface area (Å²) in [7, 11) is 0. The van der Waals surface area contributed by atoms with Crippen LogP contribution in [0.1, 0.15) is 82.6 Å². The number of hydrogen-bond donors (Lipinski definition) is 0. The van der Waals surface area contributed by atoms with E-state index in [9.17, 15) is 8.78 Å². The Kier molecular flexibility index (Phi) is 7.13. The van der Waals surface area contributed by atoms with Crippen LogP contribution in [0.4, 0.5) is 8.78 Å². The van der Waals surface area contributed by atoms with Crippen LogP contribution in [0.3, 0.4) is 0 Å². The summed E-state index contributed by atoms with van der Waals surface area (Å²) in [5.74, 6) is 2.29. The molecule has 0 aliphatic heterocycles. The van der Waals surface area contributed by atoms with Crippen molar-refractivity contribution in [3.63, 3.8) is 0 Å². The molecule has 0 nitrogen and oxygen atoms in total. The highest BCUT2D eigenvalue weighted by molar-refractivity contribution is 6.30. The van der Waals surface area contributed by atoms with Crippen molar-refractivity contribution in [2.75, 3.05) is 0 Å². The van der Waals surface area contributed by atoms with Gasteiger partial charge in [-0.2, -0.15) is 0 Å². The molecular formula is C27H33ClF2. The SMILES string of the molecule is CCCCCC1CCC2CC(c3ccc(-c4ccc(Cl)c(F)c4)c(F)c3)CCC2C1. The molecule has 2 aromatic carbocycles. The molecule has 4 unspecified atom stereocenters. The highest BCUT2D eigenvalue weighted by atomic mass is 35.5. The fraction of sp³-hybridized carbons (Fsp3) is 0.556. The van der Waals surface area contributed by atoms with Gasteiger partial charge < -0.3 is 0 Å². The van der Waals surface area contributed by atoms with E-state index in [0.717, 1.165) is 29.7 Å². The van der Waals surface area contributed by atoms with Crippen LogP contribution in [0.15, 0.2) is 36.4 Å². The van der Waals surface area contributed by atoms with Crippen molar-refractivity contribution in [1.82, 2.24) is 0 Å². The first-order chi connectivity index (χ1) is 14.5. The fourth-order valence-electron chi connectivity index (χ4n) is 5.92. The third-order valence-electron chi connectivity index (χ3n) is 7.63. The highest BCUT2D eigenvalue weighted by Crippen LogP contribution is 2.48. The van der Waals surface area contributed by atoms with Crippen LogP contribution in [0, 0.1) is 29.4 Å². The zero-order valence-corrected chi connectivity index (χ0v) is 18.7. The number of fused-ring (bicyclic) bond motifs is 1. The van der Waals surface area contributed by atoms with Gasteiger partial charge in [-0.1, -0.05) is 68.8 Å². The monoisotopic (exact) mass is 430 g/mol. The third-order valence-corrected chi connectivity index (χ3v) is 7.94. The molecule has 2 aliphatic rings. The van der Waals surface area contributed by atoms with Gasteiger partial charge in [0, 0.05) is 5.56 Å². The van der Waals surface area contributed by atoms with Crippen LogP contribution >= 0.6 is 11.6 Å². The first kappa shape index (κ1) is 21.8. The summed E-state index contributed by atoms with van der Waals surface area (Å²) >= 11 is 5.76. The van der Waals surface area contributed by atoms with Crippen molar-refractivity contribution in [3.05, 3.63) is 58.6 Å². The van der Waals surface area contributed by atoms with Gasteiger partial charge in [-0.3, -0.25) is 0 Å². The Bertz CT molecular complexity index is 862. The summed E-state index contributed by atoms with van der Waals surface area (Å²) in [6, 6.07) is 10.0. The molecule has 0 spiro atoms. The fourth-order valence-corrected chi connectivity index (χ4v) is 6.03. The molecule has 0 radical (unpaired) electrons. The van der Waals surface area contributed by atoms with Gasteiger partial charge in [0.1, 0.15) is 11.6 Å². The second kappa shape index (κ2) is 9.81. The van der Waals surface area contributed by atoms with E-state index in [4.69, 9.17) is 11.6 Å². The molecular weight excluding hydrogens is 398 g/mol. The quantitative estimate of drug-likeness (QED) is 0.400. The largest absolute Gasteiger partial charge is 0.206 e. The average molecular weight is 431 g/mol. The summed E-state index contributed by atoms with van der Waals surface area (Å²) in [6.45, 7) is 2.28. The summed E-state index contributed by atoms with van der Waals surface area (Å²) in [5, 5.41) is 0.0626. The molecule has 2 aromatic rings. The maximum absolute atomic E-state index is 14.9. The van der Waals surface area contributed by atoms with Crippen molar-refractivity contribution in [1.29, 1.82) is 0 Å². The molecule has 0 N–H and O–H groups in total. The van der Waals surface area contributed by atoms with Crippen LogP contribution < -0.4 is 0 Å². The minimum Gasteiger partial charge on any atom is -0.206 e. The Morgan fingerprint density at radius 2 is 1.67 bits per heavy atom. The second-order valence-electron chi connectivity index (χ2n) is 9.57. The minimum absolute atomic E-state index is 0.0626. The molecule has 2 saturated carbocycles. The molecule has 162 valence electrons. The number of unbranched alkanes of at least 4 members (excludes halogenated alkanes) is 2. The van der Waals surface area contributed by atoms with Crippen LogP contribution in [0.2, 0.25) is 5.02 Å². The van der Waals surface area contributed by atoms with E-state index in [-0.39, 0.29) is 10.8 Å². The molecule has 4 atom stereocenters. The van der Waals surface area contributed by atoms with E-state index < -0.39 is 5.82 Å². The zero-order chi connectivity index (χ0) is 21.1. The molecule has 0 saturated heterocycles. The van der Waals surface area contributed by atoms with E-state index in [0.29, 0.717) is 17.0 Å². The Hall–Kier alpha value is -1.41. The normalized spacial score (nSPS) is 26.4. The summed E-state index contributed by atoms with van der Waals surface area (Å²) < 4.78 is 28.7. The van der Waals surface area contributed by atoms with Crippen LogP contribution in [-0.4, -0.2) is 0 Å². The molecule has 2 aliphatic carbocycles. The topological polar surface area (TPSA) is 0 Å². The lowest BCUT2D eigenvalue weighted by Crippen LogP contribution is -2.30. The van der Waals surface area contributed by atoms with E-state index in [2.05, 4.69) is 6.92 Å². The van der Waals surface area contributed by atoms with Gasteiger partial charge in [0.2, 0.25) is 0 Å². The van der Waals surface area contributed by atoms with Crippen molar-refractivity contribution in [2.45, 2.75) is 77.0 Å². The Labute approximate surface area is 185 Å². The van der Waals surface area contributed by atoms with Gasteiger partial charge in [0.25, 0.3) is 0 Å². The van der Waals surface area contributed by atoms with Gasteiger partial charge in [-0.15, -0.1) is 0 Å². The first-order valence-corrected chi connectivity index (χ1v) is 12.2. The molecule has 2 fully saturated rings. The Morgan fingerprint density at radius 3 is 2.43 bits per heavy atom. The summed E-state index contributed by atoms with van der Waals surface area (Å²) in [4.78, 5) is 0. The Balaban J connectivity index is 1.40. The highest BCUT2D eigenvalue weighted by Gasteiger charge is 2.35. The average Bonchev–Trinajstić information content (AvgIpc) is 2.75. The molecule has 0 heterocycles. The molecule has 3 heteroatoms. The summed E-state index contributed by atoms with van der Waals surface area (Å²) in [5.41, 5.74) is 2.08. The van der Waals surface area contributed by atoms with Gasteiger partial charge in [-0.05, 0) is 85.1 Å². The molecule has 4 rings (SSSR count). The zero-order valence-electron chi connectivity index (χ0n) is 18.0. The molecule has 30 heavy (non-hydrogen) atoms. The number of halogens is 3. The van der Waals surface area contributed by atoms with Gasteiger partial charge in [0.05, 0.1) is 5.02 Å². The van der Waals surface area contributed by atoms with E-state index in [1.807, 2.05) is 12.1 Å². The smallest absolute Gasteiger partial charge is 0.142 e. The molecule has 0 amide bonds. The molecule has 0 aromatic heterocycles. The second-order valence-corrected chi connectivity index (χ2v) is 9.98. The van der Waals surface area contributed by atoms with Crippen LogP contribution in [0.25, 0.3) is 11.1 Å². The maximum atomic E-state index is 14.9. The lowest BCUT2D eigenvalue weighted by atomic mass is 9.63. The van der Waals surface area contributed by atoms with Crippen LogP contribution in [0.5, 0.6) is 0 Å². The van der Waals surface area contributed by atoms with Crippen LogP contribution in [-0.2, 0) is 0 Å². The van der Waals surface area contributed by atoms with Crippen molar-refractivity contribution < 1.29 is 8.78 Å². The molecule has 0 bridgehead atoms. The third kappa shape index (κ3) is 4.90.